The fourth-order valence-electron chi connectivity index (χ4n) is 5.38. The lowest BCUT2D eigenvalue weighted by molar-refractivity contribution is -0.157. The van der Waals surface area contributed by atoms with Gasteiger partial charge in [-0.1, -0.05) is 100 Å². The van der Waals surface area contributed by atoms with Crippen molar-refractivity contribution in [1.29, 1.82) is 0 Å². The summed E-state index contributed by atoms with van der Waals surface area (Å²) in [6, 6.07) is 18.9. The second-order valence-corrected chi connectivity index (χ2v) is 17.4. The van der Waals surface area contributed by atoms with Crippen LogP contribution in [0.4, 0.5) is 0 Å². The summed E-state index contributed by atoms with van der Waals surface area (Å²) in [4.78, 5) is 12.0. The first kappa shape index (κ1) is 33.1. The highest BCUT2D eigenvalue weighted by Crippen LogP contribution is 2.33. The average molecular weight is 581 g/mol. The van der Waals surface area contributed by atoms with Crippen LogP contribution in [0.5, 0.6) is 5.75 Å². The molecule has 2 aromatic carbocycles. The topological polar surface area (TPSA) is 54.0 Å². The fourth-order valence-corrected chi connectivity index (χ4v) is 7.97. The van der Waals surface area contributed by atoms with Gasteiger partial charge in [0, 0.05) is 16.9 Å². The maximum absolute atomic E-state index is 12.0. The summed E-state index contributed by atoms with van der Waals surface area (Å²) in [6.45, 7) is 18.5. The van der Waals surface area contributed by atoms with E-state index >= 15 is 0 Å². The molecule has 2 aromatic rings. The van der Waals surface area contributed by atoms with Gasteiger partial charge in [-0.3, -0.25) is 0 Å². The van der Waals surface area contributed by atoms with Crippen LogP contribution in [0, 0.1) is 11.3 Å². The largest absolute Gasteiger partial charge is 0.494 e. The van der Waals surface area contributed by atoms with Crippen molar-refractivity contribution in [1.82, 2.24) is 0 Å². The molecule has 0 amide bonds. The van der Waals surface area contributed by atoms with Crippen molar-refractivity contribution in [3.8, 4) is 16.9 Å². The van der Waals surface area contributed by atoms with Crippen molar-refractivity contribution >= 4 is 19.2 Å². The predicted octanol–water partition coefficient (Wildman–Crippen LogP) is 7.80. The van der Waals surface area contributed by atoms with Crippen molar-refractivity contribution in [3.63, 3.8) is 0 Å². The number of hydrogen-bond donors (Lipinski definition) is 0. The van der Waals surface area contributed by atoms with Gasteiger partial charge in [-0.05, 0) is 49.4 Å². The van der Waals surface area contributed by atoms with Crippen LogP contribution < -0.4 is 9.92 Å². The molecule has 1 aliphatic heterocycles. The number of unbranched alkanes of at least 4 members (excludes halogenated alkanes) is 1. The minimum Gasteiger partial charge on any atom is -0.494 e. The Kier molecular flexibility index (Phi) is 13.1. The number of esters is 1. The molecular weight excluding hydrogens is 528 g/mol. The Bertz CT molecular complexity index is 1070. The van der Waals surface area contributed by atoms with Crippen LogP contribution in [0.2, 0.25) is 19.1 Å². The molecule has 0 bridgehead atoms. The van der Waals surface area contributed by atoms with Gasteiger partial charge in [0.05, 0.1) is 47.7 Å². The van der Waals surface area contributed by atoms with Gasteiger partial charge >= 0.3 is 5.97 Å². The Hall–Kier alpha value is -2.41. The van der Waals surface area contributed by atoms with Crippen LogP contribution in [-0.2, 0) is 19.0 Å². The van der Waals surface area contributed by atoms with E-state index in [1.54, 1.807) is 6.92 Å². The SMILES string of the molecule is C=C(C)C(=O)OCC(CCCOc1ccc(-c2ccc([Si](C)(C)CCCC)cc2)cc1)COCC1(CCC)COC1. The highest BCUT2D eigenvalue weighted by molar-refractivity contribution is 6.89. The Labute approximate surface area is 249 Å². The van der Waals surface area contributed by atoms with Crippen LogP contribution in [0.1, 0.15) is 59.3 Å². The first-order chi connectivity index (χ1) is 19.7. The van der Waals surface area contributed by atoms with Crippen molar-refractivity contribution in [2.75, 3.05) is 39.6 Å². The lowest BCUT2D eigenvalue weighted by Gasteiger charge is -2.41. The molecule has 1 fully saturated rings. The van der Waals surface area contributed by atoms with E-state index in [-0.39, 0.29) is 17.3 Å². The summed E-state index contributed by atoms with van der Waals surface area (Å²) >= 11 is 0. The Morgan fingerprint density at radius 3 is 2.20 bits per heavy atom. The van der Waals surface area contributed by atoms with Gasteiger partial charge in [-0.15, -0.1) is 0 Å². The highest BCUT2D eigenvalue weighted by atomic mass is 28.3. The number of hydrogen-bond acceptors (Lipinski definition) is 5. The highest BCUT2D eigenvalue weighted by Gasteiger charge is 2.38. The van der Waals surface area contributed by atoms with Crippen LogP contribution in [0.15, 0.2) is 60.7 Å². The van der Waals surface area contributed by atoms with E-state index in [2.05, 4.69) is 69.9 Å². The zero-order chi connectivity index (χ0) is 29.7. The zero-order valence-electron chi connectivity index (χ0n) is 26.1. The molecule has 1 heterocycles. The minimum atomic E-state index is -1.36. The van der Waals surface area contributed by atoms with Gasteiger partial charge in [-0.25, -0.2) is 4.79 Å². The molecule has 1 unspecified atom stereocenters. The lowest BCUT2D eigenvalue weighted by Crippen LogP contribution is -2.46. The molecule has 226 valence electrons. The molecule has 0 aliphatic carbocycles. The fraction of sp³-hybridized carbons (Fsp3) is 0.571. The Balaban J connectivity index is 1.47. The third-order valence-corrected chi connectivity index (χ3v) is 11.7. The molecule has 41 heavy (non-hydrogen) atoms. The number of ether oxygens (including phenoxy) is 4. The maximum Gasteiger partial charge on any atom is 0.333 e. The predicted molar refractivity (Wildman–Crippen MR) is 172 cm³/mol. The number of carbonyl (C=O) groups excluding carboxylic acids is 1. The van der Waals surface area contributed by atoms with E-state index in [1.807, 2.05) is 12.1 Å². The van der Waals surface area contributed by atoms with Gasteiger partial charge in [0.2, 0.25) is 0 Å². The van der Waals surface area contributed by atoms with E-state index in [0.29, 0.717) is 32.0 Å². The first-order valence-corrected chi connectivity index (χ1v) is 18.7. The number of rotatable bonds is 19. The summed E-state index contributed by atoms with van der Waals surface area (Å²) in [5.41, 5.74) is 3.00. The second kappa shape index (κ2) is 16.3. The van der Waals surface area contributed by atoms with Gasteiger partial charge in [0.1, 0.15) is 5.75 Å². The average Bonchev–Trinajstić information content (AvgIpc) is 2.95. The molecule has 1 atom stereocenters. The maximum atomic E-state index is 12.0. The van der Waals surface area contributed by atoms with E-state index in [4.69, 9.17) is 18.9 Å². The molecule has 1 aliphatic rings. The van der Waals surface area contributed by atoms with Crippen LogP contribution in [-0.4, -0.2) is 53.7 Å². The molecule has 1 saturated heterocycles. The standard InChI is InChI=1S/C35H52O5Si/c1-7-9-22-41(5,6)33-18-14-31(15-19-33)30-12-16-32(17-13-30)39-21-10-11-29(24-40-34(36)28(3)4)23-37-25-35(20-8-2)26-38-27-35/h12-19,29H,3,7-11,20-27H2,1-2,4-6H3. The Morgan fingerprint density at radius 2 is 1.63 bits per heavy atom. The molecule has 0 N–H and O–H groups in total. The molecule has 0 spiro atoms. The van der Waals surface area contributed by atoms with Crippen molar-refractivity contribution in [2.45, 2.75) is 78.4 Å². The van der Waals surface area contributed by atoms with Crippen LogP contribution >= 0.6 is 0 Å². The van der Waals surface area contributed by atoms with E-state index in [0.717, 1.165) is 44.6 Å². The van der Waals surface area contributed by atoms with Crippen molar-refractivity contribution < 1.29 is 23.7 Å². The molecule has 0 saturated carbocycles. The molecule has 5 nitrogen and oxygen atoms in total. The molecule has 0 aromatic heterocycles. The molecule has 3 rings (SSSR count). The smallest absolute Gasteiger partial charge is 0.333 e. The zero-order valence-corrected chi connectivity index (χ0v) is 27.1. The van der Waals surface area contributed by atoms with E-state index in [9.17, 15) is 4.79 Å². The van der Waals surface area contributed by atoms with Gasteiger partial charge in [0.15, 0.2) is 0 Å². The minimum absolute atomic E-state index is 0.113. The Morgan fingerprint density at radius 1 is 0.976 bits per heavy atom. The summed E-state index contributed by atoms with van der Waals surface area (Å²) < 4.78 is 23.1. The molecular formula is C35H52O5Si. The quantitative estimate of drug-likeness (QED) is 0.0735. The number of carbonyl (C=O) groups is 1. The monoisotopic (exact) mass is 580 g/mol. The van der Waals surface area contributed by atoms with Crippen LogP contribution in [0.3, 0.4) is 0 Å². The van der Waals surface area contributed by atoms with Gasteiger partial charge < -0.3 is 18.9 Å². The summed E-state index contributed by atoms with van der Waals surface area (Å²) in [5, 5.41) is 1.53. The van der Waals surface area contributed by atoms with Crippen LogP contribution in [0.25, 0.3) is 11.1 Å². The third-order valence-electron chi connectivity index (χ3n) is 8.19. The summed E-state index contributed by atoms with van der Waals surface area (Å²) in [6.07, 6.45) is 6.51. The normalized spacial score (nSPS) is 15.1. The summed E-state index contributed by atoms with van der Waals surface area (Å²) in [5.74, 6) is 0.631. The molecule has 6 heteroatoms. The van der Waals surface area contributed by atoms with Gasteiger partial charge in [-0.2, -0.15) is 0 Å². The molecule has 0 radical (unpaired) electrons. The second-order valence-electron chi connectivity index (χ2n) is 12.6. The van der Waals surface area contributed by atoms with Crippen molar-refractivity contribution in [3.05, 3.63) is 60.7 Å². The lowest BCUT2D eigenvalue weighted by atomic mass is 9.82. The van der Waals surface area contributed by atoms with E-state index < -0.39 is 8.07 Å². The third kappa shape index (κ3) is 10.4. The van der Waals surface area contributed by atoms with E-state index in [1.165, 1.54) is 35.2 Å². The van der Waals surface area contributed by atoms with Gasteiger partial charge in [0.25, 0.3) is 0 Å². The first-order valence-electron chi connectivity index (χ1n) is 15.5. The number of benzene rings is 2. The summed E-state index contributed by atoms with van der Waals surface area (Å²) in [7, 11) is -1.36. The van der Waals surface area contributed by atoms with Crippen molar-refractivity contribution in [2.24, 2.45) is 11.3 Å².